The van der Waals surface area contributed by atoms with E-state index >= 15 is 0 Å². The molecule has 1 saturated carbocycles. The highest BCUT2D eigenvalue weighted by Crippen LogP contribution is 2.26. The number of aromatic nitrogens is 4. The van der Waals surface area contributed by atoms with Gasteiger partial charge in [-0.05, 0) is 43.0 Å². The third kappa shape index (κ3) is 2.91. The van der Waals surface area contributed by atoms with E-state index in [4.69, 9.17) is 5.10 Å². The van der Waals surface area contributed by atoms with Crippen molar-refractivity contribution in [2.75, 3.05) is 5.32 Å². The Bertz CT molecular complexity index is 796. The number of pyridine rings is 1. The third-order valence-electron chi connectivity index (χ3n) is 4.63. The van der Waals surface area contributed by atoms with Gasteiger partial charge in [0.2, 0.25) is 0 Å². The Hall–Kier alpha value is -2.43. The first-order valence-corrected chi connectivity index (χ1v) is 8.31. The van der Waals surface area contributed by atoms with Crippen LogP contribution < -0.4 is 5.32 Å². The number of fused-ring (bicyclic) bond motifs is 1. The molecule has 0 amide bonds. The van der Waals surface area contributed by atoms with Crippen molar-refractivity contribution in [2.45, 2.75) is 38.6 Å². The Balaban J connectivity index is 1.64. The van der Waals surface area contributed by atoms with E-state index < -0.39 is 0 Å². The first kappa shape index (κ1) is 14.2. The predicted molar refractivity (Wildman–Crippen MR) is 91.3 cm³/mol. The molecular formula is C18H21N5. The lowest BCUT2D eigenvalue weighted by molar-refractivity contribution is 0.358. The molecule has 2 unspecified atom stereocenters. The van der Waals surface area contributed by atoms with Crippen LogP contribution >= 0.6 is 0 Å². The fraction of sp³-hybridized carbons (Fsp3) is 0.389. The zero-order valence-electron chi connectivity index (χ0n) is 13.3. The van der Waals surface area contributed by atoms with E-state index in [0.717, 1.165) is 28.6 Å². The molecule has 5 heteroatoms. The van der Waals surface area contributed by atoms with Crippen molar-refractivity contribution in [2.24, 2.45) is 5.92 Å². The van der Waals surface area contributed by atoms with Gasteiger partial charge >= 0.3 is 0 Å². The largest absolute Gasteiger partial charge is 0.366 e. The molecule has 118 valence electrons. The molecular weight excluding hydrogens is 286 g/mol. The second-order valence-electron chi connectivity index (χ2n) is 6.48. The monoisotopic (exact) mass is 307 g/mol. The van der Waals surface area contributed by atoms with Gasteiger partial charge < -0.3 is 5.32 Å². The van der Waals surface area contributed by atoms with Gasteiger partial charge in [0.25, 0.3) is 0 Å². The SMILES string of the molecule is CC1CCCC(Nc2ccc3ncc(-c4ccncc4)n3n2)C1. The molecule has 0 spiro atoms. The molecule has 0 radical (unpaired) electrons. The number of hydrogen-bond acceptors (Lipinski definition) is 4. The zero-order valence-corrected chi connectivity index (χ0v) is 13.3. The van der Waals surface area contributed by atoms with Crippen LogP contribution in [0, 0.1) is 5.92 Å². The van der Waals surface area contributed by atoms with E-state index in [1.807, 2.05) is 35.0 Å². The zero-order chi connectivity index (χ0) is 15.6. The van der Waals surface area contributed by atoms with E-state index in [1.54, 1.807) is 12.4 Å². The van der Waals surface area contributed by atoms with E-state index in [2.05, 4.69) is 22.2 Å². The van der Waals surface area contributed by atoms with Crippen molar-refractivity contribution in [1.29, 1.82) is 0 Å². The fourth-order valence-electron chi connectivity index (χ4n) is 3.44. The van der Waals surface area contributed by atoms with Gasteiger partial charge in [-0.3, -0.25) is 4.98 Å². The Morgan fingerprint density at radius 2 is 2.00 bits per heavy atom. The molecule has 2 atom stereocenters. The number of hydrogen-bond donors (Lipinski definition) is 1. The molecule has 1 fully saturated rings. The van der Waals surface area contributed by atoms with Crippen LogP contribution in [0.1, 0.15) is 32.6 Å². The van der Waals surface area contributed by atoms with E-state index in [1.165, 1.54) is 25.7 Å². The second kappa shape index (κ2) is 5.99. The maximum Gasteiger partial charge on any atom is 0.154 e. The molecule has 3 aromatic heterocycles. The van der Waals surface area contributed by atoms with E-state index in [0.29, 0.717) is 6.04 Å². The van der Waals surface area contributed by atoms with E-state index in [9.17, 15) is 0 Å². The normalized spacial score (nSPS) is 21.4. The molecule has 0 aromatic carbocycles. The summed E-state index contributed by atoms with van der Waals surface area (Å²) in [4.78, 5) is 8.52. The molecule has 23 heavy (non-hydrogen) atoms. The van der Waals surface area contributed by atoms with Crippen molar-refractivity contribution >= 4 is 11.5 Å². The summed E-state index contributed by atoms with van der Waals surface area (Å²) < 4.78 is 1.91. The van der Waals surface area contributed by atoms with Gasteiger partial charge in [0, 0.05) is 24.0 Å². The standard InChI is InChI=1S/C18H21N5/c1-13-3-2-4-15(11-13)21-17-5-6-18-20-12-16(23(18)22-17)14-7-9-19-10-8-14/h5-10,12-13,15H,2-4,11H2,1H3,(H,21,22). The number of nitrogens with one attached hydrogen (secondary N) is 1. The van der Waals surface area contributed by atoms with Gasteiger partial charge in [-0.1, -0.05) is 19.8 Å². The van der Waals surface area contributed by atoms with Crippen LogP contribution in [0.5, 0.6) is 0 Å². The molecule has 0 bridgehead atoms. The number of anilines is 1. The van der Waals surface area contributed by atoms with Crippen molar-refractivity contribution in [3.8, 4) is 11.3 Å². The summed E-state index contributed by atoms with van der Waals surface area (Å²) in [5.41, 5.74) is 2.92. The molecule has 1 aliphatic carbocycles. The van der Waals surface area contributed by atoms with Crippen LogP contribution in [0.2, 0.25) is 0 Å². The number of imidazole rings is 1. The van der Waals surface area contributed by atoms with Gasteiger partial charge in [-0.2, -0.15) is 0 Å². The molecule has 0 saturated heterocycles. The summed E-state index contributed by atoms with van der Waals surface area (Å²) in [6, 6.07) is 8.53. The van der Waals surface area contributed by atoms with Crippen LogP contribution in [0.25, 0.3) is 16.9 Å². The molecule has 4 rings (SSSR count). The molecule has 3 aromatic rings. The average Bonchev–Trinajstić information content (AvgIpc) is 2.99. The van der Waals surface area contributed by atoms with Gasteiger partial charge in [0.1, 0.15) is 5.82 Å². The highest BCUT2D eigenvalue weighted by atomic mass is 15.3. The van der Waals surface area contributed by atoms with Crippen LogP contribution in [-0.4, -0.2) is 25.6 Å². The Morgan fingerprint density at radius 1 is 1.13 bits per heavy atom. The van der Waals surface area contributed by atoms with Crippen LogP contribution in [0.3, 0.4) is 0 Å². The summed E-state index contributed by atoms with van der Waals surface area (Å²) in [7, 11) is 0. The van der Waals surface area contributed by atoms with Gasteiger partial charge in [-0.25, -0.2) is 9.50 Å². The maximum absolute atomic E-state index is 4.75. The summed E-state index contributed by atoms with van der Waals surface area (Å²) in [5.74, 6) is 1.72. The minimum atomic E-state index is 0.525. The van der Waals surface area contributed by atoms with Crippen molar-refractivity contribution in [1.82, 2.24) is 19.6 Å². The lowest BCUT2D eigenvalue weighted by Gasteiger charge is -2.27. The van der Waals surface area contributed by atoms with Gasteiger partial charge in [-0.15, -0.1) is 5.10 Å². The lowest BCUT2D eigenvalue weighted by Crippen LogP contribution is -2.26. The van der Waals surface area contributed by atoms with Crippen molar-refractivity contribution in [3.63, 3.8) is 0 Å². The first-order valence-electron chi connectivity index (χ1n) is 8.31. The number of rotatable bonds is 3. The Kier molecular flexibility index (Phi) is 3.69. The molecule has 3 heterocycles. The van der Waals surface area contributed by atoms with Crippen molar-refractivity contribution < 1.29 is 0 Å². The predicted octanol–water partition coefficient (Wildman–Crippen LogP) is 3.78. The topological polar surface area (TPSA) is 55.1 Å². The third-order valence-corrected chi connectivity index (χ3v) is 4.63. The molecule has 1 N–H and O–H groups in total. The van der Waals surface area contributed by atoms with E-state index in [-0.39, 0.29) is 0 Å². The summed E-state index contributed by atoms with van der Waals surface area (Å²) in [5, 5.41) is 8.35. The maximum atomic E-state index is 4.75. The van der Waals surface area contributed by atoms with Gasteiger partial charge in [0.15, 0.2) is 5.65 Å². The first-order chi connectivity index (χ1) is 11.3. The molecule has 1 aliphatic rings. The average molecular weight is 307 g/mol. The highest BCUT2D eigenvalue weighted by Gasteiger charge is 2.19. The second-order valence-corrected chi connectivity index (χ2v) is 6.48. The minimum Gasteiger partial charge on any atom is -0.366 e. The summed E-state index contributed by atoms with van der Waals surface area (Å²) in [6.07, 6.45) is 10.5. The molecule has 0 aliphatic heterocycles. The summed E-state index contributed by atoms with van der Waals surface area (Å²) in [6.45, 7) is 2.34. The smallest absolute Gasteiger partial charge is 0.154 e. The van der Waals surface area contributed by atoms with Crippen LogP contribution in [-0.2, 0) is 0 Å². The highest BCUT2D eigenvalue weighted by molar-refractivity contribution is 5.63. The van der Waals surface area contributed by atoms with Crippen LogP contribution in [0.15, 0.2) is 42.9 Å². The minimum absolute atomic E-state index is 0.525. The van der Waals surface area contributed by atoms with Crippen LogP contribution in [0.4, 0.5) is 5.82 Å². The molecule has 5 nitrogen and oxygen atoms in total. The fourth-order valence-corrected chi connectivity index (χ4v) is 3.44. The quantitative estimate of drug-likeness (QED) is 0.800. The van der Waals surface area contributed by atoms with Crippen molar-refractivity contribution in [3.05, 3.63) is 42.9 Å². The lowest BCUT2D eigenvalue weighted by atomic mass is 9.87. The Labute approximate surface area is 135 Å². The summed E-state index contributed by atoms with van der Waals surface area (Å²) >= 11 is 0. The van der Waals surface area contributed by atoms with Gasteiger partial charge in [0.05, 0.1) is 11.9 Å². The Morgan fingerprint density at radius 3 is 2.83 bits per heavy atom. The number of nitrogens with zero attached hydrogens (tertiary/aromatic N) is 4.